The molecule has 110 valence electrons. The van der Waals surface area contributed by atoms with Gasteiger partial charge >= 0.3 is 0 Å². The second-order valence-electron chi connectivity index (χ2n) is 4.55. The van der Waals surface area contributed by atoms with Crippen LogP contribution in [0.15, 0.2) is 39.2 Å². The van der Waals surface area contributed by atoms with Crippen molar-refractivity contribution in [3.05, 3.63) is 50.1 Å². The number of carbonyl (C=O) groups excluding carboxylic acids is 1. The molecule has 0 fully saturated rings. The number of amides is 1. The third-order valence-corrected chi connectivity index (χ3v) is 4.10. The Bertz CT molecular complexity index is 647. The lowest BCUT2D eigenvalue weighted by molar-refractivity contribution is -0.123. The van der Waals surface area contributed by atoms with Gasteiger partial charge in [0.15, 0.2) is 6.61 Å². The van der Waals surface area contributed by atoms with Gasteiger partial charge in [-0.05, 0) is 65.2 Å². The molecule has 1 N–H and O–H groups in total. The molecular weight excluding hydrogens is 352 g/mol. The van der Waals surface area contributed by atoms with Crippen molar-refractivity contribution in [1.82, 2.24) is 5.43 Å². The first-order valence-corrected chi connectivity index (χ1v) is 7.92. The number of benzene rings is 1. The molecule has 0 aliphatic rings. The van der Waals surface area contributed by atoms with Crippen molar-refractivity contribution < 1.29 is 9.53 Å². The lowest BCUT2D eigenvalue weighted by Crippen LogP contribution is -2.24. The van der Waals surface area contributed by atoms with E-state index in [2.05, 4.69) is 32.5 Å². The number of thiophene rings is 1. The van der Waals surface area contributed by atoms with Gasteiger partial charge in [-0.1, -0.05) is 6.07 Å². The highest BCUT2D eigenvalue weighted by Crippen LogP contribution is 2.20. The van der Waals surface area contributed by atoms with Gasteiger partial charge in [-0.2, -0.15) is 5.10 Å². The van der Waals surface area contributed by atoms with Gasteiger partial charge in [0.1, 0.15) is 5.75 Å². The van der Waals surface area contributed by atoms with E-state index in [0.29, 0.717) is 5.75 Å². The highest BCUT2D eigenvalue weighted by Gasteiger charge is 2.02. The third kappa shape index (κ3) is 5.32. The minimum atomic E-state index is -0.291. The maximum Gasteiger partial charge on any atom is 0.277 e. The van der Waals surface area contributed by atoms with Crippen molar-refractivity contribution in [2.24, 2.45) is 5.10 Å². The molecule has 6 heteroatoms. The van der Waals surface area contributed by atoms with Crippen LogP contribution < -0.4 is 10.2 Å². The van der Waals surface area contributed by atoms with Gasteiger partial charge in [0, 0.05) is 4.88 Å². The number of hydrogen-bond donors (Lipinski definition) is 1. The zero-order valence-electron chi connectivity index (χ0n) is 11.7. The van der Waals surface area contributed by atoms with Crippen molar-refractivity contribution >= 4 is 39.4 Å². The SMILES string of the molecule is Cc1cc(C)cc(OCC(=O)N/N=C\c2ccc(Br)s2)c1. The normalized spacial score (nSPS) is 10.8. The zero-order valence-corrected chi connectivity index (χ0v) is 14.1. The first-order valence-electron chi connectivity index (χ1n) is 6.31. The van der Waals surface area contributed by atoms with E-state index in [-0.39, 0.29) is 12.5 Å². The summed E-state index contributed by atoms with van der Waals surface area (Å²) in [5.41, 5.74) is 4.64. The molecule has 0 unspecified atom stereocenters. The minimum absolute atomic E-state index is 0.0611. The molecule has 0 bridgehead atoms. The van der Waals surface area contributed by atoms with E-state index >= 15 is 0 Å². The molecule has 2 rings (SSSR count). The molecule has 0 atom stereocenters. The van der Waals surface area contributed by atoms with Crippen molar-refractivity contribution in [3.8, 4) is 5.75 Å². The average molecular weight is 367 g/mol. The van der Waals surface area contributed by atoms with Crippen LogP contribution in [-0.4, -0.2) is 18.7 Å². The lowest BCUT2D eigenvalue weighted by Gasteiger charge is -2.07. The van der Waals surface area contributed by atoms with Crippen LogP contribution in [0.25, 0.3) is 0 Å². The number of nitrogens with zero attached hydrogens (tertiary/aromatic N) is 1. The second-order valence-corrected chi connectivity index (χ2v) is 7.04. The fourth-order valence-electron chi connectivity index (χ4n) is 1.76. The highest BCUT2D eigenvalue weighted by atomic mass is 79.9. The van der Waals surface area contributed by atoms with Crippen LogP contribution in [0.2, 0.25) is 0 Å². The number of aryl methyl sites for hydroxylation is 2. The van der Waals surface area contributed by atoms with Gasteiger partial charge in [0.25, 0.3) is 5.91 Å². The van der Waals surface area contributed by atoms with E-state index in [1.54, 1.807) is 6.21 Å². The number of ether oxygens (including phenoxy) is 1. The number of carbonyl (C=O) groups is 1. The Hall–Kier alpha value is -1.66. The second kappa shape index (κ2) is 7.38. The van der Waals surface area contributed by atoms with Crippen molar-refractivity contribution in [1.29, 1.82) is 0 Å². The molecule has 0 saturated carbocycles. The minimum Gasteiger partial charge on any atom is -0.484 e. The van der Waals surface area contributed by atoms with Crippen LogP contribution in [0, 0.1) is 13.8 Å². The topological polar surface area (TPSA) is 50.7 Å². The summed E-state index contributed by atoms with van der Waals surface area (Å²) in [6.45, 7) is 3.92. The Balaban J connectivity index is 1.80. The molecule has 0 radical (unpaired) electrons. The van der Waals surface area contributed by atoms with Gasteiger partial charge < -0.3 is 4.74 Å². The first kappa shape index (κ1) is 15.7. The number of halogens is 1. The molecule has 1 amide bonds. The van der Waals surface area contributed by atoms with Gasteiger partial charge in [-0.3, -0.25) is 4.79 Å². The monoisotopic (exact) mass is 366 g/mol. The fourth-order valence-corrected chi connectivity index (χ4v) is 3.06. The van der Waals surface area contributed by atoms with Crippen molar-refractivity contribution in [3.63, 3.8) is 0 Å². The number of hydrogen-bond acceptors (Lipinski definition) is 4. The largest absolute Gasteiger partial charge is 0.484 e. The molecule has 1 aromatic carbocycles. The van der Waals surface area contributed by atoms with Gasteiger partial charge in [0.2, 0.25) is 0 Å². The fraction of sp³-hybridized carbons (Fsp3) is 0.200. The van der Waals surface area contributed by atoms with Crippen LogP contribution in [-0.2, 0) is 4.79 Å². The molecule has 0 spiro atoms. The molecule has 0 saturated heterocycles. The first-order chi connectivity index (χ1) is 10.0. The Morgan fingerprint density at radius 2 is 2.05 bits per heavy atom. The predicted molar refractivity (Wildman–Crippen MR) is 89.2 cm³/mol. The van der Waals surface area contributed by atoms with Crippen LogP contribution >= 0.6 is 27.3 Å². The Kier molecular flexibility index (Phi) is 5.52. The van der Waals surface area contributed by atoms with Gasteiger partial charge in [0.05, 0.1) is 10.0 Å². The molecule has 4 nitrogen and oxygen atoms in total. The van der Waals surface area contributed by atoms with E-state index in [0.717, 1.165) is 19.8 Å². The van der Waals surface area contributed by atoms with Gasteiger partial charge in [-0.25, -0.2) is 5.43 Å². The van der Waals surface area contributed by atoms with Crippen LogP contribution in [0.1, 0.15) is 16.0 Å². The summed E-state index contributed by atoms with van der Waals surface area (Å²) in [4.78, 5) is 12.6. The summed E-state index contributed by atoms with van der Waals surface area (Å²) in [7, 11) is 0. The summed E-state index contributed by atoms with van der Waals surface area (Å²) in [6.07, 6.45) is 1.60. The van der Waals surface area contributed by atoms with E-state index < -0.39 is 0 Å². The van der Waals surface area contributed by atoms with E-state index in [4.69, 9.17) is 4.74 Å². The molecule has 2 aromatic rings. The summed E-state index contributed by atoms with van der Waals surface area (Å²) in [5, 5.41) is 3.89. The maximum atomic E-state index is 11.6. The van der Waals surface area contributed by atoms with Crippen molar-refractivity contribution in [2.45, 2.75) is 13.8 Å². The Morgan fingerprint density at radius 1 is 1.33 bits per heavy atom. The number of rotatable bonds is 5. The van der Waals surface area contributed by atoms with Gasteiger partial charge in [-0.15, -0.1) is 11.3 Å². The van der Waals surface area contributed by atoms with Crippen LogP contribution in [0.4, 0.5) is 0 Å². The summed E-state index contributed by atoms with van der Waals surface area (Å²) in [5.74, 6) is 0.398. The van der Waals surface area contributed by atoms with Crippen molar-refractivity contribution in [2.75, 3.05) is 6.61 Å². The lowest BCUT2D eigenvalue weighted by atomic mass is 10.1. The smallest absolute Gasteiger partial charge is 0.277 e. The molecule has 1 aromatic heterocycles. The zero-order chi connectivity index (χ0) is 15.2. The molecule has 0 aliphatic carbocycles. The average Bonchev–Trinajstić information content (AvgIpc) is 2.81. The summed E-state index contributed by atoms with van der Waals surface area (Å²) >= 11 is 4.90. The quantitative estimate of drug-likeness (QED) is 0.648. The van der Waals surface area contributed by atoms with E-state index in [1.807, 2.05) is 38.1 Å². The molecule has 0 aliphatic heterocycles. The van der Waals surface area contributed by atoms with E-state index in [9.17, 15) is 4.79 Å². The number of nitrogens with one attached hydrogen (secondary N) is 1. The Morgan fingerprint density at radius 3 is 2.67 bits per heavy atom. The standard InChI is InChI=1S/C15H15BrN2O2S/c1-10-5-11(2)7-12(6-10)20-9-15(19)18-17-8-13-3-4-14(16)21-13/h3-8H,9H2,1-2H3,(H,18,19)/b17-8-. The summed E-state index contributed by atoms with van der Waals surface area (Å²) in [6, 6.07) is 9.68. The van der Waals surface area contributed by atoms with Crippen LogP contribution in [0.3, 0.4) is 0 Å². The number of hydrazone groups is 1. The predicted octanol–water partition coefficient (Wildman–Crippen LogP) is 3.66. The summed E-state index contributed by atoms with van der Waals surface area (Å²) < 4.78 is 6.47. The highest BCUT2D eigenvalue weighted by molar-refractivity contribution is 9.11. The van der Waals surface area contributed by atoms with E-state index in [1.165, 1.54) is 11.3 Å². The molecule has 1 heterocycles. The maximum absolute atomic E-state index is 11.6. The van der Waals surface area contributed by atoms with Crippen LogP contribution in [0.5, 0.6) is 5.75 Å². The Labute approximate surface area is 136 Å². The molecule has 21 heavy (non-hydrogen) atoms. The third-order valence-electron chi connectivity index (χ3n) is 2.54. The molecular formula is C15H15BrN2O2S.